The molecule has 1 N–H and O–H groups in total. The Balaban J connectivity index is 1.81. The molecule has 3 aromatic rings. The van der Waals surface area contributed by atoms with Crippen LogP contribution >= 0.6 is 23.1 Å². The molecule has 0 unspecified atom stereocenters. The number of hydrogen-bond acceptors (Lipinski definition) is 8. The van der Waals surface area contributed by atoms with Crippen molar-refractivity contribution >= 4 is 46.3 Å². The fourth-order valence-corrected chi connectivity index (χ4v) is 5.23. The number of thiazole rings is 1. The van der Waals surface area contributed by atoms with E-state index in [4.69, 9.17) is 0 Å². The number of allylic oxidation sites excluding steroid dienone is 1. The molecule has 0 saturated heterocycles. The molecule has 0 bridgehead atoms. The lowest BCUT2D eigenvalue weighted by atomic mass is 10.2. The summed E-state index contributed by atoms with van der Waals surface area (Å²) in [4.78, 5) is 41.5. The smallest absolute Gasteiger partial charge is 0.283 e. The van der Waals surface area contributed by atoms with Crippen LogP contribution in [-0.4, -0.2) is 31.0 Å². The summed E-state index contributed by atoms with van der Waals surface area (Å²) >= 11 is 2.16. The second-order valence-electron chi connectivity index (χ2n) is 7.76. The van der Waals surface area contributed by atoms with Crippen molar-refractivity contribution in [2.75, 3.05) is 0 Å². The topological polar surface area (TPSA) is 136 Å². The Morgan fingerprint density at radius 2 is 2.26 bits per heavy atom. The molecule has 178 valence electrons. The molecule has 0 spiro atoms. The van der Waals surface area contributed by atoms with Gasteiger partial charge in [-0.2, -0.15) is 5.26 Å². The third-order valence-electron chi connectivity index (χ3n) is 5.14. The van der Waals surface area contributed by atoms with Crippen molar-refractivity contribution in [3.63, 3.8) is 0 Å². The van der Waals surface area contributed by atoms with Crippen LogP contribution in [0.4, 0.5) is 5.69 Å². The molecule has 0 aliphatic heterocycles. The maximum atomic E-state index is 13.1. The molecule has 2 aromatic heterocycles. The third-order valence-corrected chi connectivity index (χ3v) is 7.41. The summed E-state index contributed by atoms with van der Waals surface area (Å²) in [6.07, 6.45) is 8.10. The number of nitriles is 1. The summed E-state index contributed by atoms with van der Waals surface area (Å²) in [5, 5.41) is 24.8. The number of nitro benzene ring substituents is 1. The predicted octanol–water partition coefficient (Wildman–Crippen LogP) is 1.67. The molecule has 1 aromatic carbocycles. The molecule has 4 rings (SSSR count). The first-order valence-corrected chi connectivity index (χ1v) is 12.2. The molecule has 1 fully saturated rings. The van der Waals surface area contributed by atoms with Crippen LogP contribution in [0.25, 0.3) is 11.6 Å². The van der Waals surface area contributed by atoms with Crippen LogP contribution in [0, 0.1) is 21.4 Å². The Labute approximate surface area is 207 Å². The van der Waals surface area contributed by atoms with Gasteiger partial charge in [-0.25, -0.2) is 4.98 Å². The van der Waals surface area contributed by atoms with E-state index in [1.807, 2.05) is 6.07 Å². The molecule has 1 aliphatic rings. The van der Waals surface area contributed by atoms with Gasteiger partial charge in [0.25, 0.3) is 17.2 Å². The number of carbonyl (C=O) groups excluding carboxylic acids is 1. The summed E-state index contributed by atoms with van der Waals surface area (Å²) in [6, 6.07) is 6.64. The van der Waals surface area contributed by atoms with Crippen molar-refractivity contribution in [2.45, 2.75) is 35.5 Å². The largest absolute Gasteiger partial charge is 0.349 e. The number of hydrogen-bond donors (Lipinski definition) is 1. The van der Waals surface area contributed by atoms with Crippen molar-refractivity contribution in [1.82, 2.24) is 19.4 Å². The van der Waals surface area contributed by atoms with Crippen LogP contribution < -0.4 is 20.1 Å². The van der Waals surface area contributed by atoms with E-state index in [9.17, 15) is 25.0 Å². The summed E-state index contributed by atoms with van der Waals surface area (Å²) in [5.41, 5.74) is -0.236. The maximum Gasteiger partial charge on any atom is 0.283 e. The highest BCUT2D eigenvalue weighted by atomic mass is 32.2. The number of aromatic nitrogens is 3. The van der Waals surface area contributed by atoms with Crippen molar-refractivity contribution in [1.29, 1.82) is 5.26 Å². The molecule has 1 aliphatic carbocycles. The normalized spacial score (nSPS) is 14.3. The molecule has 0 radical (unpaired) electrons. The van der Waals surface area contributed by atoms with Gasteiger partial charge in [0, 0.05) is 38.1 Å². The van der Waals surface area contributed by atoms with E-state index in [0.29, 0.717) is 15.6 Å². The van der Waals surface area contributed by atoms with Gasteiger partial charge in [-0.3, -0.25) is 24.3 Å². The van der Waals surface area contributed by atoms with Gasteiger partial charge < -0.3 is 9.88 Å². The van der Waals surface area contributed by atoms with Gasteiger partial charge in [-0.05, 0) is 42.3 Å². The molecule has 12 heteroatoms. The Kier molecular flexibility index (Phi) is 6.99. The van der Waals surface area contributed by atoms with Crippen LogP contribution in [0.5, 0.6) is 0 Å². The summed E-state index contributed by atoms with van der Waals surface area (Å²) < 4.78 is 3.53. The first-order valence-electron chi connectivity index (χ1n) is 10.5. The monoisotopic (exact) mass is 508 g/mol. The van der Waals surface area contributed by atoms with E-state index in [0.717, 1.165) is 24.2 Å². The molecule has 1 saturated carbocycles. The first kappa shape index (κ1) is 24.2. The van der Waals surface area contributed by atoms with Gasteiger partial charge in [-0.1, -0.05) is 12.1 Å². The fourth-order valence-electron chi connectivity index (χ4n) is 3.23. The van der Waals surface area contributed by atoms with E-state index in [-0.39, 0.29) is 33.0 Å². The number of nitrogens with one attached hydrogen (secondary N) is 1. The van der Waals surface area contributed by atoms with E-state index >= 15 is 0 Å². The van der Waals surface area contributed by atoms with Gasteiger partial charge >= 0.3 is 0 Å². The second-order valence-corrected chi connectivity index (χ2v) is 9.80. The number of aryl methyl sites for hydroxylation is 1. The minimum absolute atomic E-state index is 0.0547. The number of carbonyl (C=O) groups is 1. The first-order chi connectivity index (χ1) is 16.8. The fraction of sp³-hybridized carbons (Fsp3) is 0.217. The number of benzene rings is 1. The SMILES string of the molecule is C=CCn1c(=O)/c(=C\c2ccc(Sc3nccn3C)c([N+](=O)[O-])c2)s/c1=C(\C#N)C(=O)NC1CC1. The maximum absolute atomic E-state index is 13.1. The highest BCUT2D eigenvalue weighted by Crippen LogP contribution is 2.34. The van der Waals surface area contributed by atoms with E-state index in [1.54, 1.807) is 36.1 Å². The van der Waals surface area contributed by atoms with Crippen LogP contribution in [0.1, 0.15) is 18.4 Å². The zero-order valence-corrected chi connectivity index (χ0v) is 20.3. The quantitative estimate of drug-likeness (QED) is 0.278. The Bertz CT molecular complexity index is 1560. The van der Waals surface area contributed by atoms with Gasteiger partial charge in [0.1, 0.15) is 10.7 Å². The summed E-state index contributed by atoms with van der Waals surface area (Å²) in [5.74, 6) is -0.521. The van der Waals surface area contributed by atoms with Crippen LogP contribution in [0.15, 0.2) is 58.1 Å². The van der Waals surface area contributed by atoms with E-state index in [2.05, 4.69) is 16.9 Å². The van der Waals surface area contributed by atoms with Crippen LogP contribution in [-0.2, 0) is 18.4 Å². The molecular weight excluding hydrogens is 488 g/mol. The molecule has 10 nitrogen and oxygen atoms in total. The van der Waals surface area contributed by atoms with Crippen LogP contribution in [0.2, 0.25) is 0 Å². The highest BCUT2D eigenvalue weighted by molar-refractivity contribution is 7.99. The number of rotatable bonds is 8. The van der Waals surface area contributed by atoms with Gasteiger partial charge in [-0.15, -0.1) is 17.9 Å². The molecule has 35 heavy (non-hydrogen) atoms. The predicted molar refractivity (Wildman–Crippen MR) is 132 cm³/mol. The van der Waals surface area contributed by atoms with Crippen molar-refractivity contribution < 1.29 is 9.72 Å². The molecular formula is C23H20N6O4S2. The summed E-state index contributed by atoms with van der Waals surface area (Å²) in [6.45, 7) is 3.77. The summed E-state index contributed by atoms with van der Waals surface area (Å²) in [7, 11) is 1.80. The van der Waals surface area contributed by atoms with Crippen molar-refractivity contribution in [3.8, 4) is 6.07 Å². The van der Waals surface area contributed by atoms with Gasteiger partial charge in [0.05, 0.1) is 14.4 Å². The minimum Gasteiger partial charge on any atom is -0.349 e. The lowest BCUT2D eigenvalue weighted by molar-refractivity contribution is -0.387. The average Bonchev–Trinajstić information content (AvgIpc) is 3.48. The number of amides is 1. The lowest BCUT2D eigenvalue weighted by Gasteiger charge is -2.04. The molecule has 2 heterocycles. The van der Waals surface area contributed by atoms with Gasteiger partial charge in [0.15, 0.2) is 10.7 Å². The average molecular weight is 509 g/mol. The Morgan fingerprint density at radius 1 is 1.49 bits per heavy atom. The highest BCUT2D eigenvalue weighted by Gasteiger charge is 2.26. The number of imidazole rings is 1. The van der Waals surface area contributed by atoms with Gasteiger partial charge in [0.2, 0.25) is 0 Å². The van der Waals surface area contributed by atoms with Crippen molar-refractivity contribution in [3.05, 3.63) is 78.5 Å². The molecule has 1 amide bonds. The van der Waals surface area contributed by atoms with E-state index < -0.39 is 16.4 Å². The van der Waals surface area contributed by atoms with Crippen molar-refractivity contribution in [2.24, 2.45) is 7.05 Å². The Morgan fingerprint density at radius 3 is 2.86 bits per heavy atom. The molecule has 0 atom stereocenters. The standard InChI is InChI=1S/C23H20N6O4S2/c1-3-9-28-21(31)19(34-22(28)16(13-24)20(30)26-15-5-6-15)12-14-4-7-18(17(11-14)29(32)33)35-23-25-8-10-27(23)2/h3-4,7-8,10-12,15H,1,5-6,9H2,2H3,(H,26,30)/b19-12+,22-16+. The zero-order chi connectivity index (χ0) is 25.1. The van der Waals surface area contributed by atoms with E-state index in [1.165, 1.54) is 34.5 Å². The Hall–Kier alpha value is -3.95. The third kappa shape index (κ3) is 5.26. The zero-order valence-electron chi connectivity index (χ0n) is 18.6. The number of nitrogens with zero attached hydrogens (tertiary/aromatic N) is 5. The minimum atomic E-state index is -0.521. The lowest BCUT2D eigenvalue weighted by Crippen LogP contribution is -2.35. The second kappa shape index (κ2) is 10.1. The van der Waals surface area contributed by atoms with Crippen LogP contribution in [0.3, 0.4) is 0 Å². The number of nitro groups is 1.